The summed E-state index contributed by atoms with van der Waals surface area (Å²) in [5, 5.41) is 18.1. The minimum Gasteiger partial charge on any atom is -0.465 e. The number of nitrogens with one attached hydrogen (secondary N) is 3. The number of carbonyl (C=O) groups is 3. The molecule has 4 N–H and O–H groups in total. The summed E-state index contributed by atoms with van der Waals surface area (Å²) >= 11 is 0. The molecule has 3 fully saturated rings. The molecule has 56 heavy (non-hydrogen) atoms. The first kappa shape index (κ1) is 39.0. The molecule has 294 valence electrons. The Morgan fingerprint density at radius 2 is 1.61 bits per heavy atom. The molecule has 4 aromatic rings. The Balaban J connectivity index is 1.04. The number of ether oxygens (including phenoxy) is 3. The molecular formula is C44H51N5O7. The van der Waals surface area contributed by atoms with Crippen molar-refractivity contribution in [1.29, 1.82) is 0 Å². The number of benzene rings is 4. The van der Waals surface area contributed by atoms with Crippen molar-refractivity contribution in [3.8, 4) is 11.1 Å². The minimum absolute atomic E-state index is 0.0237. The van der Waals surface area contributed by atoms with Crippen LogP contribution in [0.3, 0.4) is 0 Å². The van der Waals surface area contributed by atoms with Crippen LogP contribution in [0.25, 0.3) is 11.1 Å². The molecule has 0 bridgehead atoms. The highest BCUT2D eigenvalue weighted by Crippen LogP contribution is 2.43. The molecule has 3 amide bonds. The van der Waals surface area contributed by atoms with Crippen molar-refractivity contribution in [1.82, 2.24) is 20.9 Å². The van der Waals surface area contributed by atoms with Gasteiger partial charge in [0.25, 0.3) is 0 Å². The number of carbonyl (C=O) groups excluding carboxylic acids is 3. The predicted octanol–water partition coefficient (Wildman–Crippen LogP) is 5.43. The molecule has 3 aliphatic rings. The van der Waals surface area contributed by atoms with Crippen LogP contribution in [-0.2, 0) is 37.0 Å². The van der Waals surface area contributed by atoms with E-state index in [9.17, 15) is 19.5 Å². The number of esters is 1. The Kier molecular flexibility index (Phi) is 12.3. The first-order chi connectivity index (χ1) is 27.3. The van der Waals surface area contributed by atoms with E-state index < -0.39 is 23.8 Å². The van der Waals surface area contributed by atoms with Crippen LogP contribution in [0, 0.1) is 5.92 Å². The van der Waals surface area contributed by atoms with Gasteiger partial charge in [-0.05, 0) is 65.8 Å². The number of nitrogens with zero attached hydrogens (tertiary/aromatic N) is 2. The molecule has 7 rings (SSSR count). The van der Waals surface area contributed by atoms with Crippen LogP contribution in [-0.4, -0.2) is 79.0 Å². The summed E-state index contributed by atoms with van der Waals surface area (Å²) in [6, 6.07) is 33.8. The van der Waals surface area contributed by atoms with Gasteiger partial charge < -0.3 is 45.1 Å². The Morgan fingerprint density at radius 1 is 0.875 bits per heavy atom. The first-order valence-electron chi connectivity index (χ1n) is 19.5. The largest absolute Gasteiger partial charge is 0.465 e. The second kappa shape index (κ2) is 17.7. The van der Waals surface area contributed by atoms with Crippen LogP contribution in [0.2, 0.25) is 0 Å². The van der Waals surface area contributed by atoms with Gasteiger partial charge in [-0.2, -0.15) is 0 Å². The van der Waals surface area contributed by atoms with Gasteiger partial charge in [0.15, 0.2) is 6.29 Å². The van der Waals surface area contributed by atoms with Crippen molar-refractivity contribution in [3.63, 3.8) is 0 Å². The zero-order valence-electron chi connectivity index (χ0n) is 32.0. The zero-order chi connectivity index (χ0) is 39.1. The number of likely N-dealkylation sites (tertiary alicyclic amines) is 1. The number of rotatable bonds is 12. The molecule has 1 spiro atoms. The molecule has 12 nitrogen and oxygen atoms in total. The van der Waals surface area contributed by atoms with E-state index >= 15 is 0 Å². The highest BCUT2D eigenvalue weighted by molar-refractivity contribution is 5.93. The molecule has 0 radical (unpaired) electrons. The summed E-state index contributed by atoms with van der Waals surface area (Å²) in [6.45, 7) is 6.99. The van der Waals surface area contributed by atoms with E-state index in [1.165, 1.54) is 0 Å². The Labute approximate surface area is 328 Å². The molecule has 12 heteroatoms. The predicted molar refractivity (Wildman–Crippen MR) is 212 cm³/mol. The number of piperidine rings is 1. The second-order valence-electron chi connectivity index (χ2n) is 14.7. The summed E-state index contributed by atoms with van der Waals surface area (Å²) in [6.07, 6.45) is 0.452. The van der Waals surface area contributed by atoms with E-state index in [0.29, 0.717) is 19.8 Å². The van der Waals surface area contributed by atoms with Crippen LogP contribution < -0.4 is 20.9 Å². The standard InChI is InChI=1S/C44H51N5O7/c1-3-54-39(51)26-46-43(53)45-25-32-8-7-9-36(24-32)33-16-18-35(19-17-33)41-55-38(30(2)40(56-41)34-14-12-31(28-50)13-15-34)27-48-22-20-44(21-23-48)42(52)47-29-49(44)37-10-5-4-6-11-37/h4-19,24,30,38,40-41,50H,3,20-23,25-29H2,1-2H3,(H,47,52)(H2,45,46,53)/t30-,38+,40+,41+/m1/s1. The summed E-state index contributed by atoms with van der Waals surface area (Å²) in [4.78, 5) is 41.7. The fourth-order valence-corrected chi connectivity index (χ4v) is 8.02. The number of aliphatic hydroxyl groups excluding tert-OH is 1. The monoisotopic (exact) mass is 761 g/mol. The van der Waals surface area contributed by atoms with Gasteiger partial charge in [-0.3, -0.25) is 9.59 Å². The van der Waals surface area contributed by atoms with Crippen LogP contribution in [0.4, 0.5) is 10.5 Å². The quantitative estimate of drug-likeness (QED) is 0.139. The summed E-state index contributed by atoms with van der Waals surface area (Å²) < 4.78 is 18.4. The molecule has 0 aromatic heterocycles. The van der Waals surface area contributed by atoms with Gasteiger partial charge in [-0.15, -0.1) is 0 Å². The van der Waals surface area contributed by atoms with Crippen molar-refractivity contribution in [2.45, 2.75) is 63.9 Å². The van der Waals surface area contributed by atoms with E-state index in [1.54, 1.807) is 6.92 Å². The molecule has 3 heterocycles. The van der Waals surface area contributed by atoms with E-state index in [2.05, 4.69) is 44.8 Å². The molecule has 4 aromatic carbocycles. The topological polar surface area (TPSA) is 142 Å². The van der Waals surface area contributed by atoms with Gasteiger partial charge >= 0.3 is 12.0 Å². The summed E-state index contributed by atoms with van der Waals surface area (Å²) in [5.41, 5.74) is 6.18. The fourth-order valence-electron chi connectivity index (χ4n) is 8.02. The SMILES string of the molecule is CCOC(=O)CNC(=O)NCc1cccc(-c2ccc([C@H]3O[C@@H](CN4CCC5(CC4)C(=O)NCN5c4ccccc4)[C@@H](C)[C@@H](c4ccc(CO)cc4)O3)cc2)c1. The summed E-state index contributed by atoms with van der Waals surface area (Å²) in [7, 11) is 0. The van der Waals surface area contributed by atoms with Crippen molar-refractivity contribution >= 4 is 23.6 Å². The lowest BCUT2D eigenvalue weighted by Gasteiger charge is -2.46. The number of hydrogen-bond acceptors (Lipinski definition) is 9. The average molecular weight is 762 g/mol. The number of urea groups is 1. The second-order valence-corrected chi connectivity index (χ2v) is 14.7. The van der Waals surface area contributed by atoms with E-state index in [0.717, 1.165) is 65.0 Å². The molecule has 0 saturated carbocycles. The molecule has 0 unspecified atom stereocenters. The number of aliphatic hydroxyl groups is 1. The lowest BCUT2D eigenvalue weighted by Crippen LogP contribution is -2.57. The lowest BCUT2D eigenvalue weighted by molar-refractivity contribution is -0.276. The third-order valence-corrected chi connectivity index (χ3v) is 11.2. The minimum atomic E-state index is -0.610. The first-order valence-corrected chi connectivity index (χ1v) is 19.5. The fraction of sp³-hybridized carbons (Fsp3) is 0.386. The average Bonchev–Trinajstić information content (AvgIpc) is 3.55. The Hall–Kier alpha value is -5.27. The van der Waals surface area contributed by atoms with Gasteiger partial charge in [-0.25, -0.2) is 4.79 Å². The van der Waals surface area contributed by atoms with Crippen molar-refractivity contribution < 1.29 is 33.7 Å². The number of para-hydroxylation sites is 1. The van der Waals surface area contributed by atoms with Gasteiger partial charge in [0.1, 0.15) is 12.1 Å². The maximum atomic E-state index is 13.3. The number of hydrogen-bond donors (Lipinski definition) is 4. The number of amides is 3. The number of anilines is 1. The maximum absolute atomic E-state index is 13.3. The van der Waals surface area contributed by atoms with Gasteiger partial charge in [0.05, 0.1) is 32.1 Å². The van der Waals surface area contributed by atoms with Gasteiger partial charge in [0.2, 0.25) is 5.91 Å². The van der Waals surface area contributed by atoms with Crippen molar-refractivity contribution in [2.24, 2.45) is 5.92 Å². The van der Waals surface area contributed by atoms with E-state index in [4.69, 9.17) is 14.2 Å². The Bertz CT molecular complexity index is 1950. The van der Waals surface area contributed by atoms with Crippen LogP contribution in [0.1, 0.15) is 61.3 Å². The van der Waals surface area contributed by atoms with Crippen LogP contribution in [0.15, 0.2) is 103 Å². The third kappa shape index (κ3) is 8.74. The molecule has 3 aliphatic heterocycles. The van der Waals surface area contributed by atoms with Crippen molar-refractivity contribution in [2.75, 3.05) is 44.4 Å². The van der Waals surface area contributed by atoms with Crippen molar-refractivity contribution in [3.05, 3.63) is 125 Å². The molecule has 0 aliphatic carbocycles. The molecule has 3 saturated heterocycles. The smallest absolute Gasteiger partial charge is 0.325 e. The van der Waals surface area contributed by atoms with Crippen LogP contribution >= 0.6 is 0 Å². The normalized spacial score (nSPS) is 22.1. The highest BCUT2D eigenvalue weighted by Gasteiger charge is 2.51. The molecule has 4 atom stereocenters. The zero-order valence-corrected chi connectivity index (χ0v) is 32.0. The lowest BCUT2D eigenvalue weighted by atomic mass is 9.84. The highest BCUT2D eigenvalue weighted by atomic mass is 16.7. The Morgan fingerprint density at radius 3 is 2.32 bits per heavy atom. The third-order valence-electron chi connectivity index (χ3n) is 11.2. The van der Waals surface area contributed by atoms with Gasteiger partial charge in [0, 0.05) is 43.3 Å². The molecular weight excluding hydrogens is 711 g/mol. The maximum Gasteiger partial charge on any atom is 0.325 e. The van der Waals surface area contributed by atoms with Crippen LogP contribution in [0.5, 0.6) is 0 Å². The van der Waals surface area contributed by atoms with E-state index in [1.807, 2.05) is 91.0 Å². The van der Waals surface area contributed by atoms with E-state index in [-0.39, 0.29) is 43.8 Å². The van der Waals surface area contributed by atoms with Gasteiger partial charge in [-0.1, -0.05) is 91.9 Å². The summed E-state index contributed by atoms with van der Waals surface area (Å²) in [5.74, 6) is -0.355.